The van der Waals surface area contributed by atoms with Crippen molar-refractivity contribution in [3.63, 3.8) is 0 Å². The monoisotopic (exact) mass is 194 g/mol. The molecular weight excluding hydrogens is 176 g/mol. The Hall–Kier alpha value is -0.900. The van der Waals surface area contributed by atoms with Crippen LogP contribution in [0.5, 0.6) is 0 Å². The molecule has 0 amide bonds. The van der Waals surface area contributed by atoms with Crippen molar-refractivity contribution in [1.29, 1.82) is 0 Å². The molecule has 0 bridgehead atoms. The van der Waals surface area contributed by atoms with E-state index in [2.05, 4.69) is 27.4 Å². The lowest BCUT2D eigenvalue weighted by atomic mass is 9.97. The van der Waals surface area contributed by atoms with E-state index < -0.39 is 0 Å². The fraction of sp³-hybridized carbons (Fsp3) is 0.800. The topological polar surface area (TPSA) is 53.6 Å². The molecule has 4 nitrogen and oxygen atoms in total. The molecule has 1 saturated carbocycles. The first-order valence-electron chi connectivity index (χ1n) is 5.50. The van der Waals surface area contributed by atoms with Gasteiger partial charge in [-0.25, -0.2) is 4.98 Å². The molecule has 1 fully saturated rings. The van der Waals surface area contributed by atoms with Gasteiger partial charge in [0, 0.05) is 0 Å². The number of aromatic nitrogens is 3. The Balaban J connectivity index is 2.06. The largest absolute Gasteiger partial charge is 0.307 e. The highest BCUT2D eigenvalue weighted by molar-refractivity contribution is 4.96. The highest BCUT2D eigenvalue weighted by Crippen LogP contribution is 2.34. The summed E-state index contributed by atoms with van der Waals surface area (Å²) in [5.41, 5.74) is 0. The maximum atomic E-state index is 4.25. The van der Waals surface area contributed by atoms with Gasteiger partial charge in [0.2, 0.25) is 0 Å². The molecule has 0 saturated heterocycles. The van der Waals surface area contributed by atoms with Crippen LogP contribution in [0, 0.1) is 5.92 Å². The van der Waals surface area contributed by atoms with Crippen LogP contribution in [0.1, 0.15) is 44.5 Å². The fourth-order valence-corrected chi connectivity index (χ4v) is 2.36. The number of rotatable bonds is 4. The van der Waals surface area contributed by atoms with Crippen LogP contribution in [-0.4, -0.2) is 21.7 Å². The minimum atomic E-state index is 0.380. The highest BCUT2D eigenvalue weighted by Gasteiger charge is 2.27. The van der Waals surface area contributed by atoms with Crippen LogP contribution < -0.4 is 5.32 Å². The molecule has 1 atom stereocenters. The molecule has 1 aliphatic rings. The number of nitrogens with one attached hydrogen (secondary N) is 2. The zero-order chi connectivity index (χ0) is 9.80. The molecule has 1 unspecified atom stereocenters. The summed E-state index contributed by atoms with van der Waals surface area (Å²) in [6.45, 7) is 3.13. The van der Waals surface area contributed by atoms with Crippen LogP contribution in [-0.2, 0) is 0 Å². The van der Waals surface area contributed by atoms with Crippen LogP contribution in [0.3, 0.4) is 0 Å². The maximum absolute atomic E-state index is 4.25. The van der Waals surface area contributed by atoms with Gasteiger partial charge >= 0.3 is 0 Å². The summed E-state index contributed by atoms with van der Waals surface area (Å²) in [4.78, 5) is 4.25. The second-order valence-electron chi connectivity index (χ2n) is 3.95. The van der Waals surface area contributed by atoms with Crippen molar-refractivity contribution >= 4 is 0 Å². The van der Waals surface area contributed by atoms with Crippen molar-refractivity contribution in [3.05, 3.63) is 12.2 Å². The fourth-order valence-electron chi connectivity index (χ4n) is 2.36. The van der Waals surface area contributed by atoms with E-state index in [0.29, 0.717) is 6.04 Å². The van der Waals surface area contributed by atoms with Crippen molar-refractivity contribution in [2.75, 3.05) is 6.54 Å². The molecule has 2 N–H and O–H groups in total. The zero-order valence-corrected chi connectivity index (χ0v) is 8.66. The van der Waals surface area contributed by atoms with Gasteiger partial charge in [0.25, 0.3) is 0 Å². The quantitative estimate of drug-likeness (QED) is 0.766. The van der Waals surface area contributed by atoms with E-state index in [4.69, 9.17) is 0 Å². The summed E-state index contributed by atoms with van der Waals surface area (Å²) in [6, 6.07) is 0.380. The maximum Gasteiger partial charge on any atom is 0.141 e. The molecule has 0 aromatic carbocycles. The van der Waals surface area contributed by atoms with E-state index in [1.54, 1.807) is 6.33 Å². The number of nitrogens with zero attached hydrogens (tertiary/aromatic N) is 2. The summed E-state index contributed by atoms with van der Waals surface area (Å²) in [5, 5.41) is 10.4. The molecule has 78 valence electrons. The van der Waals surface area contributed by atoms with Gasteiger partial charge in [-0.1, -0.05) is 19.8 Å². The van der Waals surface area contributed by atoms with Crippen LogP contribution in [0.4, 0.5) is 0 Å². The van der Waals surface area contributed by atoms with Crippen molar-refractivity contribution in [1.82, 2.24) is 20.5 Å². The second kappa shape index (κ2) is 4.55. The number of aromatic amines is 1. The van der Waals surface area contributed by atoms with E-state index >= 15 is 0 Å². The van der Waals surface area contributed by atoms with Crippen LogP contribution >= 0.6 is 0 Å². The van der Waals surface area contributed by atoms with Gasteiger partial charge in [-0.05, 0) is 25.3 Å². The molecule has 1 aromatic heterocycles. The van der Waals surface area contributed by atoms with Gasteiger partial charge in [-0.15, -0.1) is 0 Å². The Morgan fingerprint density at radius 3 is 2.93 bits per heavy atom. The second-order valence-corrected chi connectivity index (χ2v) is 3.95. The predicted molar refractivity (Wildman–Crippen MR) is 54.8 cm³/mol. The third-order valence-electron chi connectivity index (χ3n) is 3.02. The lowest BCUT2D eigenvalue weighted by Crippen LogP contribution is -2.28. The number of hydrogen-bond acceptors (Lipinski definition) is 3. The molecule has 0 spiro atoms. The Morgan fingerprint density at radius 2 is 2.36 bits per heavy atom. The molecule has 1 aliphatic carbocycles. The average molecular weight is 194 g/mol. The minimum Gasteiger partial charge on any atom is -0.307 e. The minimum absolute atomic E-state index is 0.380. The third kappa shape index (κ3) is 1.95. The molecule has 0 radical (unpaired) electrons. The lowest BCUT2D eigenvalue weighted by molar-refractivity contribution is 0.360. The van der Waals surface area contributed by atoms with E-state index in [-0.39, 0.29) is 0 Å². The smallest absolute Gasteiger partial charge is 0.141 e. The summed E-state index contributed by atoms with van der Waals surface area (Å²) in [5.74, 6) is 1.74. The molecule has 0 aliphatic heterocycles. The molecule has 14 heavy (non-hydrogen) atoms. The van der Waals surface area contributed by atoms with E-state index in [0.717, 1.165) is 18.3 Å². The molecule has 1 aromatic rings. The Labute approximate surface area is 84.5 Å². The van der Waals surface area contributed by atoms with Crippen LogP contribution in [0.15, 0.2) is 6.33 Å². The first kappa shape index (κ1) is 9.65. The van der Waals surface area contributed by atoms with E-state index in [1.807, 2.05) is 0 Å². The van der Waals surface area contributed by atoms with Gasteiger partial charge in [0.15, 0.2) is 0 Å². The molecule has 4 heteroatoms. The lowest BCUT2D eigenvalue weighted by Gasteiger charge is -2.21. The Bertz CT molecular complexity index is 251. The van der Waals surface area contributed by atoms with E-state index in [1.165, 1.54) is 25.7 Å². The van der Waals surface area contributed by atoms with Gasteiger partial charge in [0.05, 0.1) is 6.04 Å². The van der Waals surface area contributed by atoms with Crippen LogP contribution in [0.25, 0.3) is 0 Å². The SMILES string of the molecule is CCNC(c1ncn[nH]1)C1CCCC1. The zero-order valence-electron chi connectivity index (χ0n) is 8.66. The molecule has 2 rings (SSSR count). The molecule has 1 heterocycles. The summed E-state index contributed by atoms with van der Waals surface area (Å²) < 4.78 is 0. The number of H-pyrrole nitrogens is 1. The highest BCUT2D eigenvalue weighted by atomic mass is 15.2. The Kier molecular flexibility index (Phi) is 3.14. The van der Waals surface area contributed by atoms with Gasteiger partial charge in [-0.3, -0.25) is 5.10 Å². The van der Waals surface area contributed by atoms with Crippen molar-refractivity contribution in [2.24, 2.45) is 5.92 Å². The van der Waals surface area contributed by atoms with Gasteiger partial charge in [-0.2, -0.15) is 5.10 Å². The number of hydrogen-bond donors (Lipinski definition) is 2. The summed E-state index contributed by atoms with van der Waals surface area (Å²) in [7, 11) is 0. The third-order valence-corrected chi connectivity index (χ3v) is 3.02. The van der Waals surface area contributed by atoms with Gasteiger partial charge < -0.3 is 5.32 Å². The van der Waals surface area contributed by atoms with Crippen molar-refractivity contribution < 1.29 is 0 Å². The predicted octanol–water partition coefficient (Wildman–Crippen LogP) is 1.65. The normalized spacial score (nSPS) is 20.1. The average Bonchev–Trinajstić information content (AvgIpc) is 2.87. The standard InChI is InChI=1S/C10H18N4/c1-2-11-9(8-5-3-4-6-8)10-12-7-13-14-10/h7-9,11H,2-6H2,1H3,(H,12,13,14). The van der Waals surface area contributed by atoms with Crippen molar-refractivity contribution in [3.8, 4) is 0 Å². The van der Waals surface area contributed by atoms with Crippen molar-refractivity contribution in [2.45, 2.75) is 38.6 Å². The van der Waals surface area contributed by atoms with E-state index in [9.17, 15) is 0 Å². The summed E-state index contributed by atoms with van der Waals surface area (Å²) in [6.07, 6.45) is 6.95. The van der Waals surface area contributed by atoms with Gasteiger partial charge in [0.1, 0.15) is 12.2 Å². The van der Waals surface area contributed by atoms with Crippen LogP contribution in [0.2, 0.25) is 0 Å². The summed E-state index contributed by atoms with van der Waals surface area (Å²) >= 11 is 0. The molecular formula is C10H18N4. The first-order valence-corrected chi connectivity index (χ1v) is 5.50. The first-order chi connectivity index (χ1) is 6.92. The Morgan fingerprint density at radius 1 is 1.57 bits per heavy atom.